The normalized spacial score (nSPS) is 10.7. The van der Waals surface area contributed by atoms with Crippen molar-refractivity contribution in [2.45, 2.75) is 0 Å². The molecule has 0 aliphatic carbocycles. The number of H-pyrrole nitrogens is 1. The molecule has 0 saturated heterocycles. The zero-order valence-electron chi connectivity index (χ0n) is 9.31. The van der Waals surface area contributed by atoms with Crippen molar-refractivity contribution in [3.8, 4) is 10.4 Å². The quantitative estimate of drug-likeness (QED) is 0.629. The van der Waals surface area contributed by atoms with Crippen LogP contribution in [0, 0.1) is 0 Å². The molecule has 3 rings (SSSR count). The second-order valence-electron chi connectivity index (χ2n) is 3.80. The van der Waals surface area contributed by atoms with Gasteiger partial charge >= 0.3 is 0 Å². The molecule has 0 spiro atoms. The fourth-order valence-electron chi connectivity index (χ4n) is 1.82. The topological polar surface area (TPSA) is 66.7 Å². The number of aromatic amines is 1. The molecule has 18 heavy (non-hydrogen) atoms. The molecule has 0 fully saturated rings. The second-order valence-corrected chi connectivity index (χ2v) is 5.19. The molecular weight excluding hydrogens is 264 g/mol. The first-order valence-electron chi connectivity index (χ1n) is 5.32. The molecule has 2 heterocycles. The van der Waals surface area contributed by atoms with Gasteiger partial charge in [0, 0.05) is 10.3 Å². The van der Waals surface area contributed by atoms with Gasteiger partial charge in [0.2, 0.25) is 0 Å². The van der Waals surface area contributed by atoms with Gasteiger partial charge < -0.3 is 11.1 Å². The van der Waals surface area contributed by atoms with Crippen molar-refractivity contribution < 1.29 is 0 Å². The lowest BCUT2D eigenvalue weighted by atomic mass is 10.1. The molecule has 0 atom stereocenters. The number of nitrogens with one attached hydrogen (secondary N) is 2. The van der Waals surface area contributed by atoms with Crippen molar-refractivity contribution in [2.75, 3.05) is 5.32 Å². The summed E-state index contributed by atoms with van der Waals surface area (Å²) in [5.74, 6) is 0.663. The van der Waals surface area contributed by atoms with Gasteiger partial charge in [0.1, 0.15) is 0 Å². The van der Waals surface area contributed by atoms with Crippen LogP contribution in [0.4, 0.5) is 5.82 Å². The third kappa shape index (κ3) is 1.96. The lowest BCUT2D eigenvalue weighted by Gasteiger charge is -2.01. The minimum atomic E-state index is 0.213. The van der Waals surface area contributed by atoms with Crippen molar-refractivity contribution in [3.05, 3.63) is 35.7 Å². The second kappa shape index (κ2) is 4.40. The summed E-state index contributed by atoms with van der Waals surface area (Å²) in [6.45, 7) is 0. The molecule has 3 aromatic rings. The Morgan fingerprint density at radius 3 is 3.00 bits per heavy atom. The predicted molar refractivity (Wildman–Crippen MR) is 79.8 cm³/mol. The van der Waals surface area contributed by atoms with Crippen LogP contribution in [0.1, 0.15) is 0 Å². The predicted octanol–water partition coefficient (Wildman–Crippen LogP) is 2.95. The highest BCUT2D eigenvalue weighted by Gasteiger charge is 2.08. The maximum atomic E-state index is 5.48. The van der Waals surface area contributed by atoms with Gasteiger partial charge in [0.15, 0.2) is 10.9 Å². The highest BCUT2D eigenvalue weighted by Crippen LogP contribution is 2.29. The van der Waals surface area contributed by atoms with Gasteiger partial charge in [0.05, 0.1) is 5.52 Å². The Labute approximate surface area is 113 Å². The number of thiocarbonyl (C=S) groups is 1. The van der Waals surface area contributed by atoms with Crippen LogP contribution in [0.15, 0.2) is 35.7 Å². The average Bonchev–Trinajstić information content (AvgIpc) is 2.98. The Morgan fingerprint density at radius 1 is 1.39 bits per heavy atom. The van der Waals surface area contributed by atoms with Gasteiger partial charge in [-0.25, -0.2) is 0 Å². The lowest BCUT2D eigenvalue weighted by molar-refractivity contribution is 1.12. The van der Waals surface area contributed by atoms with E-state index < -0.39 is 0 Å². The highest BCUT2D eigenvalue weighted by atomic mass is 32.1. The summed E-state index contributed by atoms with van der Waals surface area (Å²) < 4.78 is 0. The number of nitrogens with zero attached hydrogens (tertiary/aromatic N) is 1. The van der Waals surface area contributed by atoms with Crippen LogP contribution in [0.3, 0.4) is 0 Å². The van der Waals surface area contributed by atoms with Crippen molar-refractivity contribution in [1.29, 1.82) is 0 Å². The standard InChI is InChI=1S/C12H10N4S2/c13-12(17)14-11-8-6-7(10-2-1-5-18-10)3-4-9(8)15-16-11/h1-6H,(H4,13,14,15,16,17). The first-order valence-corrected chi connectivity index (χ1v) is 6.61. The van der Waals surface area contributed by atoms with Crippen LogP contribution in [0.25, 0.3) is 21.3 Å². The number of anilines is 1. The minimum absolute atomic E-state index is 0.213. The number of benzene rings is 1. The summed E-state index contributed by atoms with van der Waals surface area (Å²) in [4.78, 5) is 1.22. The smallest absolute Gasteiger partial charge is 0.169 e. The largest absolute Gasteiger partial charge is 0.376 e. The van der Waals surface area contributed by atoms with E-state index in [9.17, 15) is 0 Å². The first-order chi connectivity index (χ1) is 8.74. The summed E-state index contributed by atoms with van der Waals surface area (Å²) in [5.41, 5.74) is 7.59. The SMILES string of the molecule is NC(=S)Nc1n[nH]c2ccc(-c3cccs3)cc12. The summed E-state index contributed by atoms with van der Waals surface area (Å²) in [5, 5.41) is 13.2. The maximum Gasteiger partial charge on any atom is 0.169 e. The van der Waals surface area contributed by atoms with Crippen LogP contribution in [0.5, 0.6) is 0 Å². The molecule has 4 N–H and O–H groups in total. The van der Waals surface area contributed by atoms with E-state index in [0.717, 1.165) is 16.5 Å². The van der Waals surface area contributed by atoms with Crippen LogP contribution < -0.4 is 11.1 Å². The van der Waals surface area contributed by atoms with Crippen molar-refractivity contribution in [1.82, 2.24) is 10.2 Å². The summed E-state index contributed by atoms with van der Waals surface area (Å²) >= 11 is 6.54. The van der Waals surface area contributed by atoms with Crippen LogP contribution >= 0.6 is 23.6 Å². The van der Waals surface area contributed by atoms with Crippen LogP contribution in [-0.4, -0.2) is 15.3 Å². The Balaban J connectivity index is 2.12. The van der Waals surface area contributed by atoms with E-state index in [4.69, 9.17) is 18.0 Å². The Bertz CT molecular complexity index is 700. The minimum Gasteiger partial charge on any atom is -0.376 e. The fourth-order valence-corrected chi connectivity index (χ4v) is 2.64. The van der Waals surface area contributed by atoms with E-state index in [0.29, 0.717) is 5.82 Å². The highest BCUT2D eigenvalue weighted by molar-refractivity contribution is 7.80. The number of thiophene rings is 1. The molecule has 0 unspecified atom stereocenters. The molecule has 0 aliphatic rings. The Hall–Kier alpha value is -1.92. The molecule has 4 nitrogen and oxygen atoms in total. The number of hydrogen-bond acceptors (Lipinski definition) is 3. The molecule has 6 heteroatoms. The van der Waals surface area contributed by atoms with E-state index in [-0.39, 0.29) is 5.11 Å². The third-order valence-corrected chi connectivity index (χ3v) is 3.63. The Morgan fingerprint density at radius 2 is 2.28 bits per heavy atom. The molecule has 0 saturated carbocycles. The van der Waals surface area contributed by atoms with Gasteiger partial charge in [-0.1, -0.05) is 12.1 Å². The zero-order chi connectivity index (χ0) is 12.5. The molecule has 0 amide bonds. The molecule has 0 bridgehead atoms. The molecule has 2 aromatic heterocycles. The maximum absolute atomic E-state index is 5.48. The Kier molecular flexibility index (Phi) is 2.73. The summed E-state index contributed by atoms with van der Waals surface area (Å²) in [6, 6.07) is 10.3. The lowest BCUT2D eigenvalue weighted by Crippen LogP contribution is -2.19. The molecule has 0 radical (unpaired) electrons. The third-order valence-electron chi connectivity index (χ3n) is 2.61. The number of aromatic nitrogens is 2. The zero-order valence-corrected chi connectivity index (χ0v) is 10.9. The van der Waals surface area contributed by atoms with Crippen molar-refractivity contribution >= 4 is 45.4 Å². The number of nitrogens with two attached hydrogens (primary N) is 1. The van der Waals surface area contributed by atoms with Gasteiger partial charge in [-0.3, -0.25) is 5.10 Å². The molecule has 90 valence electrons. The fraction of sp³-hybridized carbons (Fsp3) is 0. The van der Waals surface area contributed by atoms with E-state index in [2.05, 4.69) is 39.1 Å². The van der Waals surface area contributed by atoms with E-state index in [1.807, 2.05) is 12.1 Å². The van der Waals surface area contributed by atoms with Gasteiger partial charge in [-0.15, -0.1) is 11.3 Å². The van der Waals surface area contributed by atoms with Gasteiger partial charge in [0.25, 0.3) is 0 Å². The van der Waals surface area contributed by atoms with E-state index >= 15 is 0 Å². The number of rotatable bonds is 2. The summed E-state index contributed by atoms with van der Waals surface area (Å²) in [6.07, 6.45) is 0. The van der Waals surface area contributed by atoms with Crippen LogP contribution in [-0.2, 0) is 0 Å². The molecule has 1 aromatic carbocycles. The van der Waals surface area contributed by atoms with Gasteiger partial charge in [-0.05, 0) is 41.4 Å². The molecule has 0 aliphatic heterocycles. The number of hydrogen-bond donors (Lipinski definition) is 3. The summed E-state index contributed by atoms with van der Waals surface area (Å²) in [7, 11) is 0. The number of fused-ring (bicyclic) bond motifs is 1. The van der Waals surface area contributed by atoms with Crippen LogP contribution in [0.2, 0.25) is 0 Å². The van der Waals surface area contributed by atoms with E-state index in [1.165, 1.54) is 4.88 Å². The molecular formula is C12H10N4S2. The van der Waals surface area contributed by atoms with Crippen molar-refractivity contribution in [3.63, 3.8) is 0 Å². The average molecular weight is 274 g/mol. The van der Waals surface area contributed by atoms with E-state index in [1.54, 1.807) is 11.3 Å². The first kappa shape index (κ1) is 11.2. The van der Waals surface area contributed by atoms with Gasteiger partial charge in [-0.2, -0.15) is 5.10 Å². The monoisotopic (exact) mass is 274 g/mol. The van der Waals surface area contributed by atoms with Crippen molar-refractivity contribution in [2.24, 2.45) is 5.73 Å².